The SMILES string of the molecule is COc1ccc(CN2CCCC(CC(=O)O)C2)cc1C#N. The van der Waals surface area contributed by atoms with Gasteiger partial charge in [0.05, 0.1) is 12.7 Å². The normalized spacial score (nSPS) is 19.0. The van der Waals surface area contributed by atoms with Gasteiger partial charge in [-0.2, -0.15) is 5.26 Å². The van der Waals surface area contributed by atoms with Crippen LogP contribution < -0.4 is 4.74 Å². The van der Waals surface area contributed by atoms with Gasteiger partial charge in [0.25, 0.3) is 0 Å². The minimum absolute atomic E-state index is 0.227. The summed E-state index contributed by atoms with van der Waals surface area (Å²) in [5.74, 6) is 0.0895. The number of hydrogen-bond donors (Lipinski definition) is 1. The fraction of sp³-hybridized carbons (Fsp3) is 0.500. The van der Waals surface area contributed by atoms with Crippen LogP contribution in [0.4, 0.5) is 0 Å². The molecule has 5 heteroatoms. The molecule has 1 saturated heterocycles. The van der Waals surface area contributed by atoms with E-state index in [4.69, 9.17) is 15.1 Å². The molecule has 1 aliphatic heterocycles. The van der Waals surface area contributed by atoms with E-state index in [-0.39, 0.29) is 12.3 Å². The van der Waals surface area contributed by atoms with Gasteiger partial charge in [-0.1, -0.05) is 6.07 Å². The van der Waals surface area contributed by atoms with Gasteiger partial charge in [0.2, 0.25) is 0 Å². The van der Waals surface area contributed by atoms with Crippen LogP contribution in [0.3, 0.4) is 0 Å². The second kappa shape index (κ2) is 7.09. The zero-order valence-electron chi connectivity index (χ0n) is 12.2. The zero-order chi connectivity index (χ0) is 15.2. The number of nitriles is 1. The lowest BCUT2D eigenvalue weighted by atomic mass is 9.94. The third kappa shape index (κ3) is 4.20. The van der Waals surface area contributed by atoms with Gasteiger partial charge in [0, 0.05) is 19.5 Å². The summed E-state index contributed by atoms with van der Waals surface area (Å²) in [5.41, 5.74) is 1.59. The van der Waals surface area contributed by atoms with E-state index in [1.54, 1.807) is 7.11 Å². The van der Waals surface area contributed by atoms with Gasteiger partial charge in [-0.15, -0.1) is 0 Å². The number of ether oxygens (including phenoxy) is 1. The van der Waals surface area contributed by atoms with Crippen LogP contribution in [0.15, 0.2) is 18.2 Å². The van der Waals surface area contributed by atoms with Gasteiger partial charge in [-0.3, -0.25) is 9.69 Å². The molecule has 0 radical (unpaired) electrons. The van der Waals surface area contributed by atoms with Crippen molar-refractivity contribution < 1.29 is 14.6 Å². The lowest BCUT2D eigenvalue weighted by molar-refractivity contribution is -0.138. The number of rotatable bonds is 5. The first-order valence-electron chi connectivity index (χ1n) is 7.13. The maximum Gasteiger partial charge on any atom is 0.303 e. The maximum absolute atomic E-state index is 10.8. The number of benzene rings is 1. The van der Waals surface area contributed by atoms with Crippen molar-refractivity contribution in [2.45, 2.75) is 25.8 Å². The van der Waals surface area contributed by atoms with Crippen molar-refractivity contribution in [1.82, 2.24) is 4.90 Å². The van der Waals surface area contributed by atoms with Crippen LogP contribution in [-0.2, 0) is 11.3 Å². The fourth-order valence-electron chi connectivity index (χ4n) is 2.91. The molecular formula is C16H20N2O3. The Labute approximate surface area is 124 Å². The van der Waals surface area contributed by atoms with E-state index in [9.17, 15) is 4.79 Å². The van der Waals surface area contributed by atoms with E-state index in [2.05, 4.69) is 11.0 Å². The predicted molar refractivity (Wildman–Crippen MR) is 78.0 cm³/mol. The highest BCUT2D eigenvalue weighted by Gasteiger charge is 2.22. The van der Waals surface area contributed by atoms with Crippen molar-refractivity contribution in [2.24, 2.45) is 5.92 Å². The molecule has 1 aromatic rings. The molecule has 1 heterocycles. The Morgan fingerprint density at radius 1 is 1.57 bits per heavy atom. The molecule has 0 aliphatic carbocycles. The van der Waals surface area contributed by atoms with Gasteiger partial charge in [-0.05, 0) is 43.0 Å². The minimum Gasteiger partial charge on any atom is -0.495 e. The van der Waals surface area contributed by atoms with Gasteiger partial charge in [0.1, 0.15) is 11.8 Å². The summed E-state index contributed by atoms with van der Waals surface area (Å²) in [6, 6.07) is 7.76. The standard InChI is InChI=1S/C16H20N2O3/c1-21-15-5-4-13(7-14(15)9-17)11-18-6-2-3-12(10-18)8-16(19)20/h4-5,7,12H,2-3,6,8,10-11H2,1H3,(H,19,20). The summed E-state index contributed by atoms with van der Waals surface area (Å²) < 4.78 is 5.14. The summed E-state index contributed by atoms with van der Waals surface area (Å²) in [6.45, 7) is 2.53. The number of carboxylic acids is 1. The molecule has 1 aliphatic rings. The number of hydrogen-bond acceptors (Lipinski definition) is 4. The average molecular weight is 288 g/mol. The van der Waals surface area contributed by atoms with Gasteiger partial charge in [0.15, 0.2) is 0 Å². The van der Waals surface area contributed by atoms with Gasteiger partial charge in [-0.25, -0.2) is 0 Å². The lowest BCUT2D eigenvalue weighted by Crippen LogP contribution is -2.35. The number of carboxylic acid groups (broad SMARTS) is 1. The highest BCUT2D eigenvalue weighted by atomic mass is 16.5. The van der Waals surface area contributed by atoms with Crippen LogP contribution in [0.2, 0.25) is 0 Å². The Morgan fingerprint density at radius 3 is 3.05 bits per heavy atom. The number of methoxy groups -OCH3 is 1. The Balaban J connectivity index is 2.01. The molecule has 1 atom stereocenters. The molecule has 1 N–H and O–H groups in total. The van der Waals surface area contributed by atoms with Crippen molar-refractivity contribution in [3.8, 4) is 11.8 Å². The second-order valence-electron chi connectivity index (χ2n) is 5.49. The molecule has 5 nitrogen and oxygen atoms in total. The van der Waals surface area contributed by atoms with Crippen molar-refractivity contribution in [3.05, 3.63) is 29.3 Å². The summed E-state index contributed by atoms with van der Waals surface area (Å²) in [5, 5.41) is 18.0. The summed E-state index contributed by atoms with van der Waals surface area (Å²) in [7, 11) is 1.55. The molecule has 1 unspecified atom stereocenters. The Kier molecular flexibility index (Phi) is 5.18. The zero-order valence-corrected chi connectivity index (χ0v) is 12.2. The first-order chi connectivity index (χ1) is 10.1. The largest absolute Gasteiger partial charge is 0.495 e. The van der Waals surface area contributed by atoms with Crippen LogP contribution in [0.25, 0.3) is 0 Å². The molecule has 0 saturated carbocycles. The van der Waals surface area contributed by atoms with Crippen LogP contribution in [-0.4, -0.2) is 36.2 Å². The molecule has 1 aromatic carbocycles. The van der Waals surface area contributed by atoms with E-state index in [0.717, 1.165) is 38.0 Å². The number of piperidine rings is 1. The van der Waals surface area contributed by atoms with Crippen LogP contribution in [0, 0.1) is 17.2 Å². The smallest absolute Gasteiger partial charge is 0.303 e. The number of likely N-dealkylation sites (tertiary alicyclic amines) is 1. The quantitative estimate of drug-likeness (QED) is 0.899. The Morgan fingerprint density at radius 2 is 2.38 bits per heavy atom. The molecule has 21 heavy (non-hydrogen) atoms. The van der Waals surface area contributed by atoms with Crippen LogP contribution >= 0.6 is 0 Å². The summed E-state index contributed by atoms with van der Waals surface area (Å²) >= 11 is 0. The molecule has 2 rings (SSSR count). The highest BCUT2D eigenvalue weighted by molar-refractivity contribution is 5.67. The molecule has 112 valence electrons. The molecule has 0 aromatic heterocycles. The van der Waals surface area contributed by atoms with E-state index in [1.807, 2.05) is 18.2 Å². The molecule has 0 spiro atoms. The van der Waals surface area contributed by atoms with Crippen molar-refractivity contribution >= 4 is 5.97 Å². The fourth-order valence-corrected chi connectivity index (χ4v) is 2.91. The number of nitrogens with zero attached hydrogens (tertiary/aromatic N) is 2. The highest BCUT2D eigenvalue weighted by Crippen LogP contribution is 2.23. The van der Waals surface area contributed by atoms with Gasteiger partial charge >= 0.3 is 5.97 Å². The molecule has 1 fully saturated rings. The summed E-state index contributed by atoms with van der Waals surface area (Å²) in [6.07, 6.45) is 2.25. The van der Waals surface area contributed by atoms with Crippen molar-refractivity contribution in [3.63, 3.8) is 0 Å². The molecular weight excluding hydrogens is 268 g/mol. The second-order valence-corrected chi connectivity index (χ2v) is 5.49. The first kappa shape index (κ1) is 15.3. The summed E-state index contributed by atoms with van der Waals surface area (Å²) in [4.78, 5) is 13.1. The van der Waals surface area contributed by atoms with E-state index in [1.165, 1.54) is 0 Å². The predicted octanol–water partition coefficient (Wildman–Crippen LogP) is 2.25. The van der Waals surface area contributed by atoms with E-state index < -0.39 is 5.97 Å². The maximum atomic E-state index is 10.8. The Hall–Kier alpha value is -2.06. The Bertz CT molecular complexity index is 551. The monoisotopic (exact) mass is 288 g/mol. The number of carbonyl (C=O) groups is 1. The average Bonchev–Trinajstić information content (AvgIpc) is 2.46. The molecule has 0 amide bonds. The van der Waals surface area contributed by atoms with E-state index >= 15 is 0 Å². The minimum atomic E-state index is -0.724. The van der Waals surface area contributed by atoms with Gasteiger partial charge < -0.3 is 9.84 Å². The van der Waals surface area contributed by atoms with E-state index in [0.29, 0.717) is 11.3 Å². The van der Waals surface area contributed by atoms with Crippen LogP contribution in [0.5, 0.6) is 5.75 Å². The first-order valence-corrected chi connectivity index (χ1v) is 7.13. The topological polar surface area (TPSA) is 73.6 Å². The third-order valence-corrected chi connectivity index (χ3v) is 3.86. The third-order valence-electron chi connectivity index (χ3n) is 3.86. The van der Waals surface area contributed by atoms with Crippen molar-refractivity contribution in [1.29, 1.82) is 5.26 Å². The van der Waals surface area contributed by atoms with Crippen LogP contribution in [0.1, 0.15) is 30.4 Å². The number of aliphatic carboxylic acids is 1. The lowest BCUT2D eigenvalue weighted by Gasteiger charge is -2.32. The molecule has 0 bridgehead atoms. The van der Waals surface area contributed by atoms with Crippen molar-refractivity contribution in [2.75, 3.05) is 20.2 Å².